The van der Waals surface area contributed by atoms with Crippen molar-refractivity contribution in [2.24, 2.45) is 5.84 Å². The highest BCUT2D eigenvalue weighted by Gasteiger charge is 2.31. The van der Waals surface area contributed by atoms with Crippen LogP contribution in [0.2, 0.25) is 0 Å². The molecule has 0 aliphatic heterocycles. The molecule has 0 saturated heterocycles. The Morgan fingerprint density at radius 2 is 1.85 bits per heavy atom. The van der Waals surface area contributed by atoms with E-state index >= 15 is 0 Å². The van der Waals surface area contributed by atoms with Crippen LogP contribution < -0.4 is 11.3 Å². The number of nitrogens with one attached hydrogen (secondary N) is 1. The predicted molar refractivity (Wildman–Crippen MR) is 68.8 cm³/mol. The number of hydrogen-bond acceptors (Lipinski definition) is 3. The maximum Gasteiger partial charge on any atom is 0.416 e. The first-order valence-corrected chi connectivity index (χ1v) is 6.02. The van der Waals surface area contributed by atoms with E-state index in [1.807, 2.05) is 6.92 Å². The molecule has 0 radical (unpaired) electrons. The Hall–Kier alpha value is -1.79. The van der Waals surface area contributed by atoms with Gasteiger partial charge in [-0.05, 0) is 48.7 Å². The summed E-state index contributed by atoms with van der Waals surface area (Å²) in [5.74, 6) is 6.12. The Balaban J connectivity index is 2.44. The molecule has 0 fully saturated rings. The van der Waals surface area contributed by atoms with Gasteiger partial charge in [-0.1, -0.05) is 6.07 Å². The van der Waals surface area contributed by atoms with Gasteiger partial charge in [0.15, 0.2) is 0 Å². The van der Waals surface area contributed by atoms with Gasteiger partial charge in [-0.15, -0.1) is 0 Å². The Morgan fingerprint density at radius 1 is 1.15 bits per heavy atom. The van der Waals surface area contributed by atoms with Gasteiger partial charge >= 0.3 is 6.18 Å². The second-order valence-corrected chi connectivity index (χ2v) is 4.64. The molecule has 1 heterocycles. The smallest absolute Gasteiger partial charge is 0.416 e. The Labute approximate surface area is 114 Å². The van der Waals surface area contributed by atoms with Gasteiger partial charge in [-0.2, -0.15) is 13.2 Å². The first-order chi connectivity index (χ1) is 9.34. The van der Waals surface area contributed by atoms with Crippen LogP contribution in [-0.2, 0) is 6.18 Å². The maximum absolute atomic E-state index is 12.7. The largest absolute Gasteiger partial charge is 0.467 e. The van der Waals surface area contributed by atoms with Crippen LogP contribution in [0.4, 0.5) is 13.2 Å². The molecule has 1 unspecified atom stereocenters. The van der Waals surface area contributed by atoms with Gasteiger partial charge in [-0.3, -0.25) is 5.84 Å². The number of aryl methyl sites for hydroxylation is 2. The summed E-state index contributed by atoms with van der Waals surface area (Å²) in [6.07, 6.45) is -2.83. The summed E-state index contributed by atoms with van der Waals surface area (Å²) in [5.41, 5.74) is 3.94. The number of hydrogen-bond donors (Lipinski definition) is 2. The minimum Gasteiger partial charge on any atom is -0.467 e. The molecule has 0 aliphatic carbocycles. The fraction of sp³-hybridized carbons (Fsp3) is 0.286. The topological polar surface area (TPSA) is 51.2 Å². The number of nitrogens with two attached hydrogens (primary N) is 1. The fourth-order valence-electron chi connectivity index (χ4n) is 2.16. The van der Waals surface area contributed by atoms with Crippen molar-refractivity contribution in [2.45, 2.75) is 26.1 Å². The minimum absolute atomic E-state index is 0.479. The highest BCUT2D eigenvalue weighted by atomic mass is 19.4. The van der Waals surface area contributed by atoms with Gasteiger partial charge in [-0.25, -0.2) is 5.43 Å². The molecule has 6 heteroatoms. The molecule has 2 aromatic rings. The second-order valence-electron chi connectivity index (χ2n) is 4.64. The van der Waals surface area contributed by atoms with Gasteiger partial charge in [0.1, 0.15) is 11.8 Å². The normalized spacial score (nSPS) is 13.5. The average molecular weight is 284 g/mol. The van der Waals surface area contributed by atoms with Crippen molar-refractivity contribution in [3.63, 3.8) is 0 Å². The number of alkyl halides is 3. The molecular formula is C14H15F3N2O. The van der Waals surface area contributed by atoms with E-state index in [9.17, 15) is 13.2 Å². The molecule has 1 aromatic heterocycles. The van der Waals surface area contributed by atoms with Crippen LogP contribution >= 0.6 is 0 Å². The van der Waals surface area contributed by atoms with Crippen molar-refractivity contribution < 1.29 is 17.6 Å². The zero-order valence-electron chi connectivity index (χ0n) is 11.1. The van der Waals surface area contributed by atoms with Crippen molar-refractivity contribution in [1.29, 1.82) is 0 Å². The zero-order valence-corrected chi connectivity index (χ0v) is 11.1. The van der Waals surface area contributed by atoms with Gasteiger partial charge in [0, 0.05) is 0 Å². The number of hydrazine groups is 1. The molecule has 3 N–H and O–H groups in total. The van der Waals surface area contributed by atoms with Crippen LogP contribution in [0.15, 0.2) is 34.9 Å². The monoisotopic (exact) mass is 284 g/mol. The summed E-state index contributed by atoms with van der Waals surface area (Å²) in [4.78, 5) is 0. The highest BCUT2D eigenvalue weighted by molar-refractivity contribution is 5.39. The van der Waals surface area contributed by atoms with Crippen LogP contribution in [-0.4, -0.2) is 0 Å². The molecule has 108 valence electrons. The summed E-state index contributed by atoms with van der Waals surface area (Å²) in [6.45, 7) is 3.47. The molecule has 0 amide bonds. The van der Waals surface area contributed by atoms with Crippen LogP contribution in [0.1, 0.15) is 34.1 Å². The third-order valence-electron chi connectivity index (χ3n) is 3.24. The first kappa shape index (κ1) is 14.6. The van der Waals surface area contributed by atoms with E-state index in [-0.39, 0.29) is 0 Å². The van der Waals surface area contributed by atoms with Gasteiger partial charge < -0.3 is 4.42 Å². The maximum atomic E-state index is 12.7. The molecule has 3 nitrogen and oxygen atoms in total. The van der Waals surface area contributed by atoms with Gasteiger partial charge in [0.2, 0.25) is 0 Å². The summed E-state index contributed by atoms with van der Waals surface area (Å²) in [5, 5.41) is 0. The van der Waals surface area contributed by atoms with Crippen molar-refractivity contribution in [2.75, 3.05) is 0 Å². The second kappa shape index (κ2) is 5.30. The van der Waals surface area contributed by atoms with E-state index in [0.717, 1.165) is 17.7 Å². The molecule has 1 aromatic carbocycles. The molecule has 0 bridgehead atoms. The fourth-order valence-corrected chi connectivity index (χ4v) is 2.16. The SMILES string of the molecule is Cc1cc(C(F)(F)F)ccc1C(NN)c1occc1C. The van der Waals surface area contributed by atoms with E-state index in [0.29, 0.717) is 16.9 Å². The number of furan rings is 1. The Bertz CT molecular complexity index is 605. The minimum atomic E-state index is -4.35. The molecule has 0 saturated carbocycles. The third kappa shape index (κ3) is 2.71. The molecule has 0 aliphatic rings. The summed E-state index contributed by atoms with van der Waals surface area (Å²) in [7, 11) is 0. The van der Waals surface area contributed by atoms with Gasteiger partial charge in [0.05, 0.1) is 11.8 Å². The molecule has 2 rings (SSSR count). The quantitative estimate of drug-likeness (QED) is 0.670. The van der Waals surface area contributed by atoms with Crippen molar-refractivity contribution in [3.05, 3.63) is 58.5 Å². The molecule has 1 atom stereocenters. The van der Waals surface area contributed by atoms with E-state index < -0.39 is 17.8 Å². The molecule has 0 spiro atoms. The molecular weight excluding hydrogens is 269 g/mol. The molecule has 20 heavy (non-hydrogen) atoms. The average Bonchev–Trinajstić information content (AvgIpc) is 2.77. The predicted octanol–water partition coefficient (Wildman–Crippen LogP) is 3.47. The standard InChI is InChI=1S/C14H15F3N2O/c1-8-5-6-20-13(8)12(19-18)11-4-3-10(7-9(11)2)14(15,16)17/h3-7,12,19H,18H2,1-2H3. The number of rotatable bonds is 3. The van der Waals surface area contributed by atoms with Crippen LogP contribution in [0.25, 0.3) is 0 Å². The summed E-state index contributed by atoms with van der Waals surface area (Å²) in [6, 6.07) is 4.87. The van der Waals surface area contributed by atoms with E-state index in [2.05, 4.69) is 5.43 Å². The van der Waals surface area contributed by atoms with E-state index in [4.69, 9.17) is 10.3 Å². The number of benzene rings is 1. The van der Waals surface area contributed by atoms with Crippen molar-refractivity contribution in [1.82, 2.24) is 5.43 Å². The first-order valence-electron chi connectivity index (χ1n) is 6.02. The van der Waals surface area contributed by atoms with E-state index in [1.54, 1.807) is 13.0 Å². The van der Waals surface area contributed by atoms with Gasteiger partial charge in [0.25, 0.3) is 0 Å². The van der Waals surface area contributed by atoms with Crippen LogP contribution in [0, 0.1) is 13.8 Å². The Kier molecular flexibility index (Phi) is 3.87. The van der Waals surface area contributed by atoms with Crippen molar-refractivity contribution >= 4 is 0 Å². The highest BCUT2D eigenvalue weighted by Crippen LogP contribution is 2.33. The Morgan fingerprint density at radius 3 is 2.30 bits per heavy atom. The lowest BCUT2D eigenvalue weighted by Crippen LogP contribution is -2.29. The van der Waals surface area contributed by atoms with Crippen molar-refractivity contribution in [3.8, 4) is 0 Å². The van der Waals surface area contributed by atoms with E-state index in [1.165, 1.54) is 12.3 Å². The lowest BCUT2D eigenvalue weighted by atomic mass is 9.96. The van der Waals surface area contributed by atoms with Crippen LogP contribution in [0.3, 0.4) is 0 Å². The lowest BCUT2D eigenvalue weighted by molar-refractivity contribution is -0.137. The lowest BCUT2D eigenvalue weighted by Gasteiger charge is -2.18. The summed E-state index contributed by atoms with van der Waals surface area (Å²) >= 11 is 0. The third-order valence-corrected chi connectivity index (χ3v) is 3.24. The zero-order chi connectivity index (χ0) is 14.9. The number of halogens is 3. The van der Waals surface area contributed by atoms with Crippen LogP contribution in [0.5, 0.6) is 0 Å². The summed E-state index contributed by atoms with van der Waals surface area (Å²) < 4.78 is 43.3.